The van der Waals surface area contributed by atoms with Crippen LogP contribution in [0.5, 0.6) is 0 Å². The average molecular weight is 456 g/mol. The zero-order valence-electron chi connectivity index (χ0n) is 15.3. The number of nitrogens with one attached hydrogen (secondary N) is 3. The SMILES string of the molecule is CNc1nc(N/N=C\c2ccc(Cl)cc2Cl)nc(Nc2cccc(C(F)(F)F)c2)n1. The van der Waals surface area contributed by atoms with E-state index in [1.807, 2.05) is 0 Å². The van der Waals surface area contributed by atoms with E-state index < -0.39 is 11.7 Å². The number of anilines is 4. The van der Waals surface area contributed by atoms with Crippen molar-refractivity contribution < 1.29 is 13.2 Å². The van der Waals surface area contributed by atoms with E-state index in [4.69, 9.17) is 23.2 Å². The number of halogens is 5. The summed E-state index contributed by atoms with van der Waals surface area (Å²) in [5.41, 5.74) is 2.61. The van der Waals surface area contributed by atoms with Crippen molar-refractivity contribution in [2.75, 3.05) is 23.1 Å². The van der Waals surface area contributed by atoms with Crippen LogP contribution in [0.4, 0.5) is 36.7 Å². The van der Waals surface area contributed by atoms with Crippen molar-refractivity contribution in [1.82, 2.24) is 15.0 Å². The molecular formula is C18H14Cl2F3N7. The standard InChI is InChI=1S/C18H14Cl2F3N7/c1-24-15-27-16(26-13-4-2-3-11(7-13)18(21,22)23)29-17(28-15)30-25-9-10-5-6-12(19)8-14(10)20/h2-9H,1H3,(H3,24,26,27,28,29,30)/b25-9-. The molecule has 3 N–H and O–H groups in total. The molecule has 1 aromatic heterocycles. The lowest BCUT2D eigenvalue weighted by Gasteiger charge is -2.11. The molecule has 12 heteroatoms. The molecule has 7 nitrogen and oxygen atoms in total. The molecule has 156 valence electrons. The molecule has 0 aliphatic carbocycles. The molecule has 0 aliphatic heterocycles. The van der Waals surface area contributed by atoms with E-state index in [1.54, 1.807) is 25.2 Å². The van der Waals surface area contributed by atoms with Gasteiger partial charge in [-0.05, 0) is 30.3 Å². The van der Waals surface area contributed by atoms with Gasteiger partial charge in [-0.15, -0.1) is 0 Å². The first-order valence-electron chi connectivity index (χ1n) is 8.37. The molecule has 0 saturated carbocycles. The number of benzene rings is 2. The van der Waals surface area contributed by atoms with Gasteiger partial charge in [-0.25, -0.2) is 5.43 Å². The minimum absolute atomic E-state index is 0.0240. The Morgan fingerprint density at radius 2 is 1.70 bits per heavy atom. The van der Waals surface area contributed by atoms with Crippen LogP contribution in [0.1, 0.15) is 11.1 Å². The Morgan fingerprint density at radius 1 is 0.967 bits per heavy atom. The molecule has 0 amide bonds. The summed E-state index contributed by atoms with van der Waals surface area (Å²) >= 11 is 11.9. The quantitative estimate of drug-likeness (QED) is 0.339. The molecule has 0 atom stereocenters. The van der Waals surface area contributed by atoms with Crippen LogP contribution in [-0.4, -0.2) is 28.2 Å². The van der Waals surface area contributed by atoms with Gasteiger partial charge in [-0.3, -0.25) is 0 Å². The summed E-state index contributed by atoms with van der Waals surface area (Å²) in [5.74, 6) is 0.266. The van der Waals surface area contributed by atoms with Gasteiger partial charge in [0.15, 0.2) is 0 Å². The van der Waals surface area contributed by atoms with Crippen molar-refractivity contribution in [3.8, 4) is 0 Å². The van der Waals surface area contributed by atoms with Gasteiger partial charge in [0.1, 0.15) is 0 Å². The van der Waals surface area contributed by atoms with Crippen molar-refractivity contribution in [2.24, 2.45) is 5.10 Å². The highest BCUT2D eigenvalue weighted by Crippen LogP contribution is 2.31. The Morgan fingerprint density at radius 3 is 2.40 bits per heavy atom. The molecule has 0 unspecified atom stereocenters. The lowest BCUT2D eigenvalue weighted by Crippen LogP contribution is -2.08. The number of hydrogen-bond acceptors (Lipinski definition) is 7. The molecule has 0 fully saturated rings. The van der Waals surface area contributed by atoms with Gasteiger partial charge in [-0.2, -0.15) is 33.2 Å². The zero-order chi connectivity index (χ0) is 21.7. The monoisotopic (exact) mass is 455 g/mol. The van der Waals surface area contributed by atoms with Gasteiger partial charge in [0.2, 0.25) is 17.8 Å². The van der Waals surface area contributed by atoms with E-state index in [1.165, 1.54) is 18.3 Å². The molecule has 3 aromatic rings. The molecule has 0 bridgehead atoms. The molecule has 3 rings (SSSR count). The fraction of sp³-hybridized carbons (Fsp3) is 0.111. The molecule has 0 spiro atoms. The van der Waals surface area contributed by atoms with Gasteiger partial charge in [0, 0.05) is 23.3 Å². The van der Waals surface area contributed by atoms with Crippen LogP contribution in [0, 0.1) is 0 Å². The molecule has 0 radical (unpaired) electrons. The third-order valence-corrected chi connectivity index (χ3v) is 4.20. The highest BCUT2D eigenvalue weighted by molar-refractivity contribution is 6.36. The number of hydrazone groups is 1. The lowest BCUT2D eigenvalue weighted by atomic mass is 10.2. The molecular weight excluding hydrogens is 442 g/mol. The summed E-state index contributed by atoms with van der Waals surface area (Å²) in [6.07, 6.45) is -3.02. The van der Waals surface area contributed by atoms with Crippen molar-refractivity contribution in [2.45, 2.75) is 6.18 Å². The Bertz CT molecular complexity index is 1070. The summed E-state index contributed by atoms with van der Waals surface area (Å²) in [6.45, 7) is 0. The second-order valence-electron chi connectivity index (χ2n) is 5.80. The maximum absolute atomic E-state index is 12.9. The first kappa shape index (κ1) is 21.6. The second-order valence-corrected chi connectivity index (χ2v) is 6.64. The van der Waals surface area contributed by atoms with Crippen LogP contribution in [0.15, 0.2) is 47.6 Å². The molecule has 0 saturated heterocycles. The summed E-state index contributed by atoms with van der Waals surface area (Å²) in [7, 11) is 1.59. The summed E-state index contributed by atoms with van der Waals surface area (Å²) in [4.78, 5) is 12.3. The summed E-state index contributed by atoms with van der Waals surface area (Å²) in [5, 5.41) is 10.4. The third kappa shape index (κ3) is 5.71. The maximum Gasteiger partial charge on any atom is 0.416 e. The van der Waals surface area contributed by atoms with E-state index in [2.05, 4.69) is 36.1 Å². The van der Waals surface area contributed by atoms with Gasteiger partial charge < -0.3 is 10.6 Å². The number of rotatable bonds is 6. The van der Waals surface area contributed by atoms with Crippen molar-refractivity contribution in [3.63, 3.8) is 0 Å². The van der Waals surface area contributed by atoms with Crippen LogP contribution >= 0.6 is 23.2 Å². The molecule has 0 aliphatic rings. The number of nitrogens with zero attached hydrogens (tertiary/aromatic N) is 4. The Hall–Kier alpha value is -3.11. The molecule has 30 heavy (non-hydrogen) atoms. The van der Waals surface area contributed by atoms with Gasteiger partial charge in [-0.1, -0.05) is 35.3 Å². The smallest absolute Gasteiger partial charge is 0.357 e. The van der Waals surface area contributed by atoms with E-state index in [0.29, 0.717) is 15.6 Å². The van der Waals surface area contributed by atoms with Crippen molar-refractivity contribution in [3.05, 3.63) is 63.6 Å². The average Bonchev–Trinajstić information content (AvgIpc) is 2.69. The van der Waals surface area contributed by atoms with Crippen molar-refractivity contribution >= 4 is 52.9 Å². The van der Waals surface area contributed by atoms with E-state index in [0.717, 1.165) is 12.1 Å². The third-order valence-electron chi connectivity index (χ3n) is 3.64. The Kier molecular flexibility index (Phi) is 6.58. The lowest BCUT2D eigenvalue weighted by molar-refractivity contribution is -0.137. The van der Waals surface area contributed by atoms with Gasteiger partial charge in [0.25, 0.3) is 0 Å². The highest BCUT2D eigenvalue weighted by Gasteiger charge is 2.30. The predicted octanol–water partition coefficient (Wildman–Crippen LogP) is 5.43. The van der Waals surface area contributed by atoms with Gasteiger partial charge in [0.05, 0.1) is 16.8 Å². The summed E-state index contributed by atoms with van der Waals surface area (Å²) in [6, 6.07) is 9.59. The van der Waals surface area contributed by atoms with Crippen LogP contribution in [0.3, 0.4) is 0 Å². The number of alkyl halides is 3. The topological polar surface area (TPSA) is 87.1 Å². The number of aromatic nitrogens is 3. The van der Waals surface area contributed by atoms with Crippen LogP contribution in [0.2, 0.25) is 10.0 Å². The highest BCUT2D eigenvalue weighted by atomic mass is 35.5. The van der Waals surface area contributed by atoms with E-state index in [9.17, 15) is 13.2 Å². The van der Waals surface area contributed by atoms with Crippen LogP contribution < -0.4 is 16.1 Å². The first-order chi connectivity index (χ1) is 14.2. The van der Waals surface area contributed by atoms with Gasteiger partial charge >= 0.3 is 6.18 Å². The van der Waals surface area contributed by atoms with E-state index >= 15 is 0 Å². The van der Waals surface area contributed by atoms with Crippen LogP contribution in [-0.2, 0) is 6.18 Å². The fourth-order valence-electron chi connectivity index (χ4n) is 2.26. The Balaban J connectivity index is 1.79. The fourth-order valence-corrected chi connectivity index (χ4v) is 2.72. The zero-order valence-corrected chi connectivity index (χ0v) is 16.8. The summed E-state index contributed by atoms with van der Waals surface area (Å²) < 4.78 is 38.7. The van der Waals surface area contributed by atoms with Crippen molar-refractivity contribution in [1.29, 1.82) is 0 Å². The first-order valence-corrected chi connectivity index (χ1v) is 9.12. The second kappa shape index (κ2) is 9.14. The maximum atomic E-state index is 12.9. The Labute approximate surface area is 179 Å². The molecule has 2 aromatic carbocycles. The minimum atomic E-state index is -4.46. The minimum Gasteiger partial charge on any atom is -0.357 e. The normalized spacial score (nSPS) is 11.5. The largest absolute Gasteiger partial charge is 0.416 e. The van der Waals surface area contributed by atoms with E-state index in [-0.39, 0.29) is 23.5 Å². The number of hydrogen-bond donors (Lipinski definition) is 3. The predicted molar refractivity (Wildman–Crippen MR) is 112 cm³/mol. The van der Waals surface area contributed by atoms with Crippen LogP contribution in [0.25, 0.3) is 0 Å². The molecule has 1 heterocycles.